The van der Waals surface area contributed by atoms with Gasteiger partial charge in [0.1, 0.15) is 0 Å². The molecule has 0 fully saturated rings. The van der Waals surface area contributed by atoms with Gasteiger partial charge in [0.25, 0.3) is 0 Å². The molecule has 15 heavy (non-hydrogen) atoms. The van der Waals surface area contributed by atoms with Crippen molar-refractivity contribution in [3.05, 3.63) is 0 Å². The Balaban J connectivity index is 3.82. The van der Waals surface area contributed by atoms with Gasteiger partial charge >= 0.3 is 117 Å². The van der Waals surface area contributed by atoms with Gasteiger partial charge in [-0.05, 0) is 0 Å². The van der Waals surface area contributed by atoms with Crippen LogP contribution >= 0.6 is 34.8 Å². The maximum atomic E-state index is 6.00. The number of hydrogen-bond donors (Lipinski definition) is 0. The monoisotopic (exact) mass is 342 g/mol. The van der Waals surface area contributed by atoms with Crippen LogP contribution in [0.1, 0.15) is 20.8 Å². The van der Waals surface area contributed by atoms with Crippen molar-refractivity contribution in [3.8, 4) is 0 Å². The SMILES string of the molecule is CC[Si](CC)(CC)[O][Zn][O]CC(Cl)(Cl)Cl. The second kappa shape index (κ2) is 7.86. The van der Waals surface area contributed by atoms with Crippen molar-refractivity contribution < 1.29 is 24.7 Å². The third-order valence-corrected chi connectivity index (χ3v) is 12.9. The van der Waals surface area contributed by atoms with Crippen molar-refractivity contribution in [2.75, 3.05) is 6.61 Å². The van der Waals surface area contributed by atoms with E-state index in [-0.39, 0.29) is 6.61 Å². The standard InChI is InChI=1S/C6H15OSi.C2H2Cl3O.Zn/c1-4-8(7,5-2)6-3;3-2(4,5)1-6;/h4-6H2,1-3H3;1H2;/q2*-1;+2. The average Bonchev–Trinajstić information content (AvgIpc) is 2.18. The van der Waals surface area contributed by atoms with Crippen molar-refractivity contribution in [1.82, 2.24) is 0 Å². The Morgan fingerprint density at radius 3 is 1.87 bits per heavy atom. The number of hydrogen-bond acceptors (Lipinski definition) is 2. The van der Waals surface area contributed by atoms with E-state index in [0.29, 0.717) is 0 Å². The molecule has 0 saturated carbocycles. The molecule has 0 spiro atoms. The zero-order valence-electron chi connectivity index (χ0n) is 9.49. The maximum absolute atomic E-state index is 6.00. The molecule has 0 aliphatic carbocycles. The first-order chi connectivity index (χ1) is 6.89. The van der Waals surface area contributed by atoms with Gasteiger partial charge in [-0.15, -0.1) is 0 Å². The first-order valence-corrected chi connectivity index (χ1v) is 11.3. The molecular weight excluding hydrogens is 328 g/mol. The second-order valence-corrected chi connectivity index (χ2v) is 13.9. The molecule has 0 N–H and O–H groups in total. The first kappa shape index (κ1) is 16.6. The fourth-order valence-corrected chi connectivity index (χ4v) is 11.6. The summed E-state index contributed by atoms with van der Waals surface area (Å²) in [4.78, 5) is 0. The summed E-state index contributed by atoms with van der Waals surface area (Å²) in [6.45, 7) is 6.72. The van der Waals surface area contributed by atoms with E-state index in [1.54, 1.807) is 0 Å². The summed E-state index contributed by atoms with van der Waals surface area (Å²) in [6, 6.07) is 3.42. The Morgan fingerprint density at radius 1 is 1.07 bits per heavy atom. The van der Waals surface area contributed by atoms with Crippen molar-refractivity contribution >= 4 is 43.1 Å². The normalized spacial score (nSPS) is 12.7. The predicted octanol–water partition coefficient (Wildman–Crippen LogP) is 4.31. The van der Waals surface area contributed by atoms with Crippen LogP contribution in [-0.4, -0.2) is 18.7 Å². The van der Waals surface area contributed by atoms with Crippen LogP contribution in [0.15, 0.2) is 0 Å². The zero-order chi connectivity index (χ0) is 11.9. The summed E-state index contributed by atoms with van der Waals surface area (Å²) in [5.74, 6) is 0. The molecule has 0 radical (unpaired) electrons. The molecule has 0 rings (SSSR count). The van der Waals surface area contributed by atoms with Crippen LogP contribution < -0.4 is 0 Å². The van der Waals surface area contributed by atoms with Crippen molar-refractivity contribution in [2.45, 2.75) is 42.7 Å². The average molecular weight is 345 g/mol. The summed E-state index contributed by atoms with van der Waals surface area (Å²) in [7, 11) is -1.48. The second-order valence-electron chi connectivity index (χ2n) is 3.47. The minimum atomic E-state index is -1.48. The number of alkyl halides is 3. The van der Waals surface area contributed by atoms with E-state index in [9.17, 15) is 0 Å². The Morgan fingerprint density at radius 2 is 1.53 bits per heavy atom. The number of halogens is 3. The number of rotatable bonds is 7. The quantitative estimate of drug-likeness (QED) is 0.389. The fourth-order valence-electron chi connectivity index (χ4n) is 1.38. The van der Waals surface area contributed by atoms with Crippen LogP contribution in [0, 0.1) is 0 Å². The van der Waals surface area contributed by atoms with Crippen molar-refractivity contribution in [2.24, 2.45) is 0 Å². The third kappa shape index (κ3) is 7.54. The van der Waals surface area contributed by atoms with Gasteiger partial charge in [-0.2, -0.15) is 0 Å². The summed E-state index contributed by atoms with van der Waals surface area (Å²) >= 11 is 15.3. The van der Waals surface area contributed by atoms with Crippen LogP contribution in [0.25, 0.3) is 0 Å². The molecule has 0 bridgehead atoms. The Bertz CT molecular complexity index is 165. The van der Waals surface area contributed by atoms with Gasteiger partial charge in [-0.25, -0.2) is 0 Å². The van der Waals surface area contributed by atoms with Gasteiger partial charge in [0, 0.05) is 0 Å². The van der Waals surface area contributed by atoms with E-state index in [1.807, 2.05) is 0 Å². The molecule has 0 aromatic carbocycles. The van der Waals surface area contributed by atoms with Gasteiger partial charge in [0.05, 0.1) is 0 Å². The first-order valence-electron chi connectivity index (χ1n) is 5.17. The third-order valence-electron chi connectivity index (χ3n) is 2.65. The van der Waals surface area contributed by atoms with Crippen LogP contribution in [0.5, 0.6) is 0 Å². The van der Waals surface area contributed by atoms with Gasteiger partial charge in [0.15, 0.2) is 0 Å². The molecule has 2 nitrogen and oxygen atoms in total. The van der Waals surface area contributed by atoms with E-state index in [0.717, 1.165) is 18.1 Å². The summed E-state index contributed by atoms with van der Waals surface area (Å²) in [5, 5.41) is 0. The van der Waals surface area contributed by atoms with E-state index in [1.165, 1.54) is 0 Å². The summed E-state index contributed by atoms with van der Waals surface area (Å²) in [6.07, 6.45) is 0. The molecular formula is C8H17Cl3O2SiZn. The van der Waals surface area contributed by atoms with Crippen LogP contribution in [0.3, 0.4) is 0 Å². The molecule has 0 amide bonds. The molecule has 0 atom stereocenters. The molecule has 0 aromatic rings. The molecule has 0 saturated heterocycles. The van der Waals surface area contributed by atoms with Crippen LogP contribution in [-0.2, 0) is 24.7 Å². The Kier molecular flexibility index (Phi) is 8.72. The van der Waals surface area contributed by atoms with Gasteiger partial charge in [0.2, 0.25) is 0 Å². The summed E-state index contributed by atoms with van der Waals surface area (Å²) in [5.41, 5.74) is 0. The van der Waals surface area contributed by atoms with Crippen LogP contribution in [0.2, 0.25) is 18.1 Å². The van der Waals surface area contributed by atoms with Gasteiger partial charge < -0.3 is 0 Å². The minimum absolute atomic E-state index is 0.152. The topological polar surface area (TPSA) is 18.5 Å². The van der Waals surface area contributed by atoms with Crippen molar-refractivity contribution in [3.63, 3.8) is 0 Å². The van der Waals surface area contributed by atoms with Crippen LogP contribution in [0.4, 0.5) is 0 Å². The Hall–Kier alpha value is 1.63. The molecule has 0 unspecified atom stereocenters. The molecule has 88 valence electrons. The molecule has 0 aliphatic rings. The summed E-state index contributed by atoms with van der Waals surface area (Å²) < 4.78 is 10.1. The van der Waals surface area contributed by atoms with E-state index < -0.39 is 30.0 Å². The molecule has 7 heteroatoms. The van der Waals surface area contributed by atoms with E-state index in [2.05, 4.69) is 20.8 Å². The Labute approximate surface area is 116 Å². The molecule has 0 heterocycles. The van der Waals surface area contributed by atoms with Gasteiger partial charge in [-0.3, -0.25) is 0 Å². The fraction of sp³-hybridized carbons (Fsp3) is 1.00. The van der Waals surface area contributed by atoms with E-state index >= 15 is 0 Å². The van der Waals surface area contributed by atoms with Gasteiger partial charge in [-0.1, -0.05) is 0 Å². The van der Waals surface area contributed by atoms with Crippen molar-refractivity contribution in [1.29, 1.82) is 0 Å². The molecule has 0 aromatic heterocycles. The molecule has 0 aliphatic heterocycles. The zero-order valence-corrected chi connectivity index (χ0v) is 15.7. The van der Waals surface area contributed by atoms with E-state index in [4.69, 9.17) is 41.6 Å². The predicted molar refractivity (Wildman–Crippen MR) is 64.5 cm³/mol.